The number of rotatable bonds is 0. The molecule has 1 aliphatic carbocycles. The zero-order valence-electron chi connectivity index (χ0n) is 7.35. The molecule has 0 radical (unpaired) electrons. The van der Waals surface area contributed by atoms with E-state index in [1.165, 1.54) is 31.4 Å². The van der Waals surface area contributed by atoms with E-state index in [-0.39, 0.29) is 5.38 Å². The molecule has 1 saturated heterocycles. The van der Waals surface area contributed by atoms with Gasteiger partial charge in [-0.3, -0.25) is 0 Å². The van der Waals surface area contributed by atoms with Crippen LogP contribution in [-0.4, -0.2) is 18.0 Å². The summed E-state index contributed by atoms with van der Waals surface area (Å²) >= 11 is 6.30. The zero-order chi connectivity index (χ0) is 8.55. The molecule has 12 heavy (non-hydrogen) atoms. The highest BCUT2D eigenvalue weighted by Gasteiger charge is 2.35. The fourth-order valence-corrected chi connectivity index (χ4v) is 2.84. The Morgan fingerprint density at radius 2 is 2.25 bits per heavy atom. The highest BCUT2D eigenvalue weighted by molar-refractivity contribution is 6.22. The summed E-state index contributed by atoms with van der Waals surface area (Å²) in [6.07, 6.45) is 4.91. The van der Waals surface area contributed by atoms with Gasteiger partial charge in [-0.05, 0) is 38.1 Å². The lowest BCUT2D eigenvalue weighted by atomic mass is 9.77. The summed E-state index contributed by atoms with van der Waals surface area (Å²) in [5.74, 6) is 0.654. The Bertz CT molecular complexity index is 190. The summed E-state index contributed by atoms with van der Waals surface area (Å²) < 4.78 is 0. The van der Waals surface area contributed by atoms with Gasteiger partial charge < -0.3 is 5.32 Å². The second-order valence-corrected chi connectivity index (χ2v) is 4.44. The molecule has 1 aliphatic heterocycles. The summed E-state index contributed by atoms with van der Waals surface area (Å²) in [6.45, 7) is 5.20. The Morgan fingerprint density at radius 1 is 1.42 bits per heavy atom. The summed E-state index contributed by atoms with van der Waals surface area (Å²) in [4.78, 5) is 0. The Morgan fingerprint density at radius 3 is 3.08 bits per heavy atom. The number of alkyl halides is 1. The molecule has 0 aromatic carbocycles. The molecule has 3 atom stereocenters. The van der Waals surface area contributed by atoms with Crippen LogP contribution in [0.25, 0.3) is 0 Å². The minimum atomic E-state index is 0.233. The van der Waals surface area contributed by atoms with E-state index in [0.29, 0.717) is 12.0 Å². The van der Waals surface area contributed by atoms with Gasteiger partial charge >= 0.3 is 0 Å². The molecule has 0 amide bonds. The largest absolute Gasteiger partial charge is 0.314 e. The first kappa shape index (κ1) is 8.58. The monoisotopic (exact) mass is 185 g/mol. The van der Waals surface area contributed by atoms with Crippen LogP contribution in [0.4, 0.5) is 0 Å². The SMILES string of the molecule is C=C1CCC2NCCCC2C1Cl. The lowest BCUT2D eigenvalue weighted by Gasteiger charge is -2.40. The molecule has 2 aliphatic rings. The van der Waals surface area contributed by atoms with Crippen LogP contribution in [0.1, 0.15) is 25.7 Å². The third-order valence-electron chi connectivity index (χ3n) is 3.18. The van der Waals surface area contributed by atoms with Crippen LogP contribution < -0.4 is 5.32 Å². The van der Waals surface area contributed by atoms with Gasteiger partial charge in [-0.15, -0.1) is 11.6 Å². The van der Waals surface area contributed by atoms with Crippen LogP contribution in [0.3, 0.4) is 0 Å². The second kappa shape index (κ2) is 3.39. The van der Waals surface area contributed by atoms with E-state index in [4.69, 9.17) is 11.6 Å². The molecule has 68 valence electrons. The minimum Gasteiger partial charge on any atom is -0.314 e. The van der Waals surface area contributed by atoms with Crippen molar-refractivity contribution in [2.24, 2.45) is 5.92 Å². The first-order valence-electron chi connectivity index (χ1n) is 4.84. The van der Waals surface area contributed by atoms with E-state index in [9.17, 15) is 0 Å². The molecule has 0 spiro atoms. The van der Waals surface area contributed by atoms with Crippen molar-refractivity contribution in [3.05, 3.63) is 12.2 Å². The normalized spacial score (nSPS) is 42.4. The van der Waals surface area contributed by atoms with Crippen molar-refractivity contribution >= 4 is 11.6 Å². The lowest BCUT2D eigenvalue weighted by Crippen LogP contribution is -2.47. The predicted octanol–water partition coefficient (Wildman–Crippen LogP) is 2.31. The van der Waals surface area contributed by atoms with Gasteiger partial charge in [0.2, 0.25) is 0 Å². The third kappa shape index (κ3) is 1.40. The maximum absolute atomic E-state index is 6.30. The van der Waals surface area contributed by atoms with Crippen molar-refractivity contribution in [3.8, 4) is 0 Å². The van der Waals surface area contributed by atoms with Gasteiger partial charge in [-0.2, -0.15) is 0 Å². The number of fused-ring (bicyclic) bond motifs is 1. The average Bonchev–Trinajstić information content (AvgIpc) is 2.12. The minimum absolute atomic E-state index is 0.233. The van der Waals surface area contributed by atoms with Crippen LogP contribution in [0, 0.1) is 5.92 Å². The van der Waals surface area contributed by atoms with Gasteiger partial charge in [0.15, 0.2) is 0 Å². The van der Waals surface area contributed by atoms with Gasteiger partial charge in [-0.1, -0.05) is 12.2 Å². The average molecular weight is 186 g/mol. The van der Waals surface area contributed by atoms with E-state index < -0.39 is 0 Å². The van der Waals surface area contributed by atoms with Crippen molar-refractivity contribution in [2.75, 3.05) is 6.54 Å². The molecule has 1 nitrogen and oxygen atoms in total. The topological polar surface area (TPSA) is 12.0 Å². The predicted molar refractivity (Wildman–Crippen MR) is 52.5 cm³/mol. The van der Waals surface area contributed by atoms with E-state index >= 15 is 0 Å². The van der Waals surface area contributed by atoms with E-state index in [2.05, 4.69) is 11.9 Å². The van der Waals surface area contributed by atoms with Gasteiger partial charge in [-0.25, -0.2) is 0 Å². The van der Waals surface area contributed by atoms with Crippen molar-refractivity contribution in [1.82, 2.24) is 5.32 Å². The lowest BCUT2D eigenvalue weighted by molar-refractivity contribution is 0.246. The smallest absolute Gasteiger partial charge is 0.0585 e. The van der Waals surface area contributed by atoms with Crippen molar-refractivity contribution in [1.29, 1.82) is 0 Å². The Labute approximate surface area is 79.2 Å². The van der Waals surface area contributed by atoms with E-state index in [1.54, 1.807) is 0 Å². The fraction of sp³-hybridized carbons (Fsp3) is 0.800. The molecule has 2 fully saturated rings. The Hall–Kier alpha value is -0.0100. The fourth-order valence-electron chi connectivity index (χ4n) is 2.43. The highest BCUT2D eigenvalue weighted by Crippen LogP contribution is 2.36. The molecule has 0 bridgehead atoms. The molecule has 0 aromatic rings. The molecular weight excluding hydrogens is 170 g/mol. The van der Waals surface area contributed by atoms with E-state index in [0.717, 1.165) is 6.42 Å². The van der Waals surface area contributed by atoms with E-state index in [1.807, 2.05) is 0 Å². The molecule has 3 unspecified atom stereocenters. The summed E-state index contributed by atoms with van der Waals surface area (Å²) in [7, 11) is 0. The standard InChI is InChI=1S/C10H16ClN/c1-7-4-5-9-8(10(7)11)3-2-6-12-9/h8-10,12H,1-6H2. The van der Waals surface area contributed by atoms with Gasteiger partial charge in [0.05, 0.1) is 5.38 Å². The Kier molecular flexibility index (Phi) is 2.42. The number of nitrogens with one attached hydrogen (secondary N) is 1. The van der Waals surface area contributed by atoms with Crippen molar-refractivity contribution in [3.63, 3.8) is 0 Å². The zero-order valence-corrected chi connectivity index (χ0v) is 8.11. The number of hydrogen-bond donors (Lipinski definition) is 1. The van der Waals surface area contributed by atoms with Crippen LogP contribution >= 0.6 is 11.6 Å². The quantitative estimate of drug-likeness (QED) is 0.451. The Balaban J connectivity index is 2.08. The molecule has 2 heteroatoms. The van der Waals surface area contributed by atoms with Gasteiger partial charge in [0.1, 0.15) is 0 Å². The van der Waals surface area contributed by atoms with Crippen LogP contribution in [-0.2, 0) is 0 Å². The summed E-state index contributed by atoms with van der Waals surface area (Å²) in [5, 5.41) is 3.78. The third-order valence-corrected chi connectivity index (χ3v) is 3.81. The summed E-state index contributed by atoms with van der Waals surface area (Å²) in [6, 6.07) is 0.673. The number of hydrogen-bond acceptors (Lipinski definition) is 1. The molecule has 1 N–H and O–H groups in total. The highest BCUT2D eigenvalue weighted by atomic mass is 35.5. The van der Waals surface area contributed by atoms with Gasteiger partial charge in [0, 0.05) is 6.04 Å². The van der Waals surface area contributed by atoms with Crippen LogP contribution in [0.2, 0.25) is 0 Å². The number of halogens is 1. The van der Waals surface area contributed by atoms with Gasteiger partial charge in [0.25, 0.3) is 0 Å². The van der Waals surface area contributed by atoms with Crippen LogP contribution in [0.5, 0.6) is 0 Å². The van der Waals surface area contributed by atoms with Crippen LogP contribution in [0.15, 0.2) is 12.2 Å². The molecular formula is C10H16ClN. The summed E-state index contributed by atoms with van der Waals surface area (Å²) in [5.41, 5.74) is 1.25. The molecule has 1 heterocycles. The number of piperidine rings is 1. The van der Waals surface area contributed by atoms with Crippen molar-refractivity contribution in [2.45, 2.75) is 37.1 Å². The molecule has 1 saturated carbocycles. The second-order valence-electron chi connectivity index (χ2n) is 3.97. The molecule has 0 aromatic heterocycles. The first-order valence-corrected chi connectivity index (χ1v) is 5.28. The maximum atomic E-state index is 6.30. The number of allylic oxidation sites excluding steroid dienone is 1. The molecule has 2 rings (SSSR count). The maximum Gasteiger partial charge on any atom is 0.0585 e. The first-order chi connectivity index (χ1) is 5.79. The van der Waals surface area contributed by atoms with Crippen molar-refractivity contribution < 1.29 is 0 Å².